The lowest BCUT2D eigenvalue weighted by Gasteiger charge is -2.49. The fraction of sp³-hybridized carbons (Fsp3) is 0.500. The lowest BCUT2D eigenvalue weighted by molar-refractivity contribution is -0.139. The zero-order valence-electron chi connectivity index (χ0n) is 16.5. The number of ether oxygens (including phenoxy) is 3. The Labute approximate surface area is 164 Å². The van der Waals surface area contributed by atoms with Gasteiger partial charge in [0.15, 0.2) is 0 Å². The van der Waals surface area contributed by atoms with E-state index in [-0.39, 0.29) is 24.0 Å². The highest BCUT2D eigenvalue weighted by atomic mass is 16.5. The third kappa shape index (κ3) is 2.54. The quantitative estimate of drug-likeness (QED) is 0.809. The van der Waals surface area contributed by atoms with Crippen molar-refractivity contribution < 1.29 is 19.0 Å². The van der Waals surface area contributed by atoms with Crippen molar-refractivity contribution in [3.63, 3.8) is 0 Å². The minimum Gasteiger partial charge on any atom is -0.497 e. The molecule has 3 aliphatic rings. The maximum atomic E-state index is 12.3. The lowest BCUT2D eigenvalue weighted by Crippen LogP contribution is -2.51. The number of piperidine rings is 1. The SMILES string of the molecule is COC(=O)C1=CO[C@@H](C)[C@H]2CN3CCc4c([nH]c5cc(OC)ccc45)[C@@H]3C[C@H]12. The molecule has 0 radical (unpaired) electrons. The van der Waals surface area contributed by atoms with Crippen molar-refractivity contribution in [2.45, 2.75) is 31.9 Å². The van der Waals surface area contributed by atoms with E-state index in [0.29, 0.717) is 11.5 Å². The molecule has 1 aromatic carbocycles. The largest absolute Gasteiger partial charge is 0.497 e. The molecule has 0 bridgehead atoms. The van der Waals surface area contributed by atoms with Crippen molar-refractivity contribution in [1.82, 2.24) is 9.88 Å². The van der Waals surface area contributed by atoms with E-state index in [0.717, 1.165) is 37.2 Å². The van der Waals surface area contributed by atoms with E-state index in [1.54, 1.807) is 13.4 Å². The van der Waals surface area contributed by atoms with Gasteiger partial charge in [0.2, 0.25) is 0 Å². The summed E-state index contributed by atoms with van der Waals surface area (Å²) in [6.45, 7) is 4.07. The summed E-state index contributed by atoms with van der Waals surface area (Å²) in [6, 6.07) is 6.53. The van der Waals surface area contributed by atoms with Gasteiger partial charge in [0.1, 0.15) is 5.75 Å². The summed E-state index contributed by atoms with van der Waals surface area (Å²) in [4.78, 5) is 18.6. The van der Waals surface area contributed by atoms with Gasteiger partial charge in [-0.1, -0.05) is 0 Å². The third-order valence-electron chi connectivity index (χ3n) is 6.84. The van der Waals surface area contributed by atoms with Gasteiger partial charge in [-0.2, -0.15) is 0 Å². The summed E-state index contributed by atoms with van der Waals surface area (Å²) in [5.41, 5.74) is 4.49. The van der Waals surface area contributed by atoms with E-state index >= 15 is 0 Å². The summed E-state index contributed by atoms with van der Waals surface area (Å²) in [5, 5.41) is 1.28. The first kappa shape index (κ1) is 17.6. The average molecular weight is 382 g/mol. The van der Waals surface area contributed by atoms with Crippen LogP contribution in [0, 0.1) is 11.8 Å². The monoisotopic (exact) mass is 382 g/mol. The van der Waals surface area contributed by atoms with Gasteiger partial charge in [0, 0.05) is 47.6 Å². The summed E-state index contributed by atoms with van der Waals surface area (Å²) >= 11 is 0. The number of methoxy groups -OCH3 is 2. The number of nitrogens with one attached hydrogen (secondary N) is 1. The van der Waals surface area contributed by atoms with Gasteiger partial charge in [0.05, 0.1) is 38.2 Å². The number of carbonyl (C=O) groups excluding carboxylic acids is 1. The second-order valence-electron chi connectivity index (χ2n) is 8.10. The molecule has 0 unspecified atom stereocenters. The molecule has 1 fully saturated rings. The molecule has 4 heterocycles. The second kappa shape index (κ2) is 6.55. The number of benzene rings is 1. The molecule has 4 atom stereocenters. The molecule has 0 saturated carbocycles. The molecule has 5 rings (SSSR count). The lowest BCUT2D eigenvalue weighted by atomic mass is 9.72. The highest BCUT2D eigenvalue weighted by molar-refractivity contribution is 5.89. The maximum Gasteiger partial charge on any atom is 0.337 e. The summed E-state index contributed by atoms with van der Waals surface area (Å²) in [7, 11) is 3.13. The smallest absolute Gasteiger partial charge is 0.337 e. The maximum absolute atomic E-state index is 12.3. The van der Waals surface area contributed by atoms with Crippen LogP contribution in [0.2, 0.25) is 0 Å². The molecule has 0 amide bonds. The molecular weight excluding hydrogens is 356 g/mol. The first-order chi connectivity index (χ1) is 13.6. The Morgan fingerprint density at radius 2 is 2.18 bits per heavy atom. The van der Waals surface area contributed by atoms with Gasteiger partial charge in [0.25, 0.3) is 0 Å². The van der Waals surface area contributed by atoms with Crippen LogP contribution >= 0.6 is 0 Å². The molecule has 1 N–H and O–H groups in total. The van der Waals surface area contributed by atoms with Gasteiger partial charge in [-0.25, -0.2) is 4.79 Å². The zero-order valence-corrected chi connectivity index (χ0v) is 16.5. The second-order valence-corrected chi connectivity index (χ2v) is 8.10. The number of nitrogens with zero attached hydrogens (tertiary/aromatic N) is 1. The van der Waals surface area contributed by atoms with Crippen LogP contribution in [0.5, 0.6) is 5.75 Å². The van der Waals surface area contributed by atoms with E-state index < -0.39 is 0 Å². The minimum atomic E-state index is -0.271. The van der Waals surface area contributed by atoms with Gasteiger partial charge in [-0.05, 0) is 37.5 Å². The fourth-order valence-electron chi connectivity index (χ4n) is 5.35. The molecular formula is C22H26N2O4. The van der Waals surface area contributed by atoms with E-state index in [2.05, 4.69) is 28.9 Å². The summed E-state index contributed by atoms with van der Waals surface area (Å²) in [6.07, 6.45) is 3.67. The Kier molecular flexibility index (Phi) is 4.12. The van der Waals surface area contributed by atoms with Crippen molar-refractivity contribution in [3.05, 3.63) is 41.3 Å². The van der Waals surface area contributed by atoms with Crippen LogP contribution in [0.25, 0.3) is 10.9 Å². The number of fused-ring (bicyclic) bond motifs is 6. The third-order valence-corrected chi connectivity index (χ3v) is 6.84. The molecule has 0 spiro atoms. The molecule has 6 heteroatoms. The zero-order chi connectivity index (χ0) is 19.4. The van der Waals surface area contributed by atoms with Gasteiger partial charge < -0.3 is 19.2 Å². The Bertz CT molecular complexity index is 963. The summed E-state index contributed by atoms with van der Waals surface area (Å²) < 4.78 is 16.2. The molecule has 0 aliphatic carbocycles. The summed E-state index contributed by atoms with van der Waals surface area (Å²) in [5.74, 6) is 1.05. The predicted molar refractivity (Wildman–Crippen MR) is 105 cm³/mol. The van der Waals surface area contributed by atoms with Crippen LogP contribution in [0.1, 0.15) is 30.6 Å². The standard InChI is InChI=1S/C22H26N2O4/c1-12-17-10-24-7-6-15-14-5-4-13(26-2)8-19(14)23-21(15)20(24)9-16(17)18(11-28-12)22(25)27-3/h4-5,8,11-12,16-17,20,23H,6-7,9-10H2,1-3H3/t12-,16-,17+,20-/m0/s1. The molecule has 3 aliphatic heterocycles. The molecule has 1 aromatic heterocycles. The fourth-order valence-corrected chi connectivity index (χ4v) is 5.35. The van der Waals surface area contributed by atoms with Crippen LogP contribution in [0.3, 0.4) is 0 Å². The number of hydrogen-bond donors (Lipinski definition) is 1. The van der Waals surface area contributed by atoms with Crippen LogP contribution in [0.4, 0.5) is 0 Å². The average Bonchev–Trinajstić information content (AvgIpc) is 3.10. The van der Waals surface area contributed by atoms with Gasteiger partial charge >= 0.3 is 5.97 Å². The van der Waals surface area contributed by atoms with Crippen LogP contribution in [0.15, 0.2) is 30.0 Å². The van der Waals surface area contributed by atoms with Crippen molar-refractivity contribution in [1.29, 1.82) is 0 Å². The number of hydrogen-bond acceptors (Lipinski definition) is 5. The van der Waals surface area contributed by atoms with Crippen molar-refractivity contribution >= 4 is 16.9 Å². The predicted octanol–water partition coefficient (Wildman–Crippen LogP) is 3.19. The highest BCUT2D eigenvalue weighted by Gasteiger charge is 2.46. The normalized spacial score (nSPS) is 29.2. The van der Waals surface area contributed by atoms with Crippen molar-refractivity contribution in [2.24, 2.45) is 11.8 Å². The topological polar surface area (TPSA) is 63.8 Å². The Morgan fingerprint density at radius 1 is 1.32 bits per heavy atom. The Morgan fingerprint density at radius 3 is 2.96 bits per heavy atom. The van der Waals surface area contributed by atoms with Crippen LogP contribution in [-0.4, -0.2) is 49.3 Å². The van der Waals surface area contributed by atoms with Gasteiger partial charge in [-0.3, -0.25) is 4.90 Å². The molecule has 6 nitrogen and oxygen atoms in total. The van der Waals surface area contributed by atoms with Gasteiger partial charge in [-0.15, -0.1) is 0 Å². The number of H-pyrrole nitrogens is 1. The van der Waals surface area contributed by atoms with E-state index in [4.69, 9.17) is 14.2 Å². The van der Waals surface area contributed by atoms with E-state index in [1.807, 2.05) is 6.07 Å². The van der Waals surface area contributed by atoms with E-state index in [1.165, 1.54) is 23.8 Å². The first-order valence-corrected chi connectivity index (χ1v) is 9.97. The molecule has 28 heavy (non-hydrogen) atoms. The molecule has 1 saturated heterocycles. The Hall–Kier alpha value is -2.47. The van der Waals surface area contributed by atoms with Crippen LogP contribution in [-0.2, 0) is 20.7 Å². The van der Waals surface area contributed by atoms with Crippen molar-refractivity contribution in [2.75, 3.05) is 27.3 Å². The molecule has 148 valence electrons. The number of rotatable bonds is 2. The number of carbonyl (C=O) groups is 1. The van der Waals surface area contributed by atoms with Crippen LogP contribution < -0.4 is 4.74 Å². The minimum absolute atomic E-state index is 0.104. The number of aromatic nitrogens is 1. The van der Waals surface area contributed by atoms with Crippen molar-refractivity contribution in [3.8, 4) is 5.75 Å². The number of aromatic amines is 1. The number of esters is 1. The first-order valence-electron chi connectivity index (χ1n) is 9.97. The Balaban J connectivity index is 1.54. The highest BCUT2D eigenvalue weighted by Crippen LogP contribution is 2.47. The molecule has 2 aromatic rings. The van der Waals surface area contributed by atoms with E-state index in [9.17, 15) is 4.79 Å².